The van der Waals surface area contributed by atoms with Crippen molar-refractivity contribution in [2.24, 2.45) is 0 Å². The van der Waals surface area contributed by atoms with Gasteiger partial charge in [0.25, 0.3) is 5.91 Å². The molecule has 0 spiro atoms. The molecule has 0 fully saturated rings. The molecule has 0 atom stereocenters. The molecule has 0 bridgehead atoms. The summed E-state index contributed by atoms with van der Waals surface area (Å²) in [4.78, 5) is 19.0. The molecule has 1 N–H and O–H groups in total. The Morgan fingerprint density at radius 3 is 2.90 bits per heavy atom. The largest absolute Gasteiger partial charge is 0.436 e. The first-order chi connectivity index (χ1) is 10.0. The van der Waals surface area contributed by atoms with Crippen molar-refractivity contribution in [2.45, 2.75) is 20.4 Å². The Balaban J connectivity index is 2.07. The predicted octanol–water partition coefficient (Wildman–Crippen LogP) is 1.97. The Kier molecular flexibility index (Phi) is 4.78. The monoisotopic (exact) mass is 304 g/mol. The Morgan fingerprint density at radius 1 is 1.52 bits per heavy atom. The van der Waals surface area contributed by atoms with Gasteiger partial charge < -0.3 is 14.4 Å². The summed E-state index contributed by atoms with van der Waals surface area (Å²) >= 11 is 1.53. The first-order valence-corrected chi connectivity index (χ1v) is 7.26. The van der Waals surface area contributed by atoms with Crippen LogP contribution in [0.3, 0.4) is 0 Å². The topological polar surface area (TPSA) is 66.6 Å². The molecule has 110 valence electrons. The summed E-state index contributed by atoms with van der Waals surface area (Å²) in [6, 6.07) is 1.91. The number of nitrogens with zero attached hydrogens (tertiary/aromatic N) is 2. The van der Waals surface area contributed by atoms with Crippen LogP contribution in [0.4, 0.5) is 0 Å². The van der Waals surface area contributed by atoms with Gasteiger partial charge in [0, 0.05) is 29.8 Å². The maximum absolute atomic E-state index is 12.3. The SMILES string of the molecule is Cc1nc(C)c(C(=O)N(C)Cc2cc(C#CCO)cs2)o1. The normalized spacial score (nSPS) is 10.1. The van der Waals surface area contributed by atoms with Crippen LogP contribution in [0.25, 0.3) is 0 Å². The van der Waals surface area contributed by atoms with E-state index in [-0.39, 0.29) is 18.3 Å². The summed E-state index contributed by atoms with van der Waals surface area (Å²) in [6.45, 7) is 3.79. The van der Waals surface area contributed by atoms with Crippen molar-refractivity contribution < 1.29 is 14.3 Å². The highest BCUT2D eigenvalue weighted by atomic mass is 32.1. The van der Waals surface area contributed by atoms with Crippen molar-refractivity contribution in [3.8, 4) is 11.8 Å². The van der Waals surface area contributed by atoms with Gasteiger partial charge in [-0.05, 0) is 13.0 Å². The fraction of sp³-hybridized carbons (Fsp3) is 0.333. The summed E-state index contributed by atoms with van der Waals surface area (Å²) in [7, 11) is 1.72. The van der Waals surface area contributed by atoms with E-state index in [1.165, 1.54) is 11.3 Å². The van der Waals surface area contributed by atoms with Crippen LogP contribution >= 0.6 is 11.3 Å². The molecule has 2 aromatic rings. The van der Waals surface area contributed by atoms with E-state index in [0.29, 0.717) is 18.1 Å². The van der Waals surface area contributed by atoms with Crippen LogP contribution in [0.1, 0.15) is 32.6 Å². The van der Waals surface area contributed by atoms with E-state index in [2.05, 4.69) is 16.8 Å². The highest BCUT2D eigenvalue weighted by molar-refractivity contribution is 7.10. The molecule has 0 saturated heterocycles. The zero-order chi connectivity index (χ0) is 15.4. The van der Waals surface area contributed by atoms with Crippen LogP contribution < -0.4 is 0 Å². The van der Waals surface area contributed by atoms with Gasteiger partial charge in [0.1, 0.15) is 6.61 Å². The zero-order valence-corrected chi connectivity index (χ0v) is 13.0. The molecule has 2 rings (SSSR count). The molecule has 0 aliphatic heterocycles. The van der Waals surface area contributed by atoms with Crippen LogP contribution in [-0.4, -0.2) is 34.6 Å². The summed E-state index contributed by atoms with van der Waals surface area (Å²) < 4.78 is 5.34. The van der Waals surface area contributed by atoms with Crippen LogP contribution in [0.15, 0.2) is 15.9 Å². The number of hydrogen-bond acceptors (Lipinski definition) is 5. The van der Waals surface area contributed by atoms with E-state index in [9.17, 15) is 4.79 Å². The van der Waals surface area contributed by atoms with Gasteiger partial charge in [0.05, 0.1) is 12.2 Å². The van der Waals surface area contributed by atoms with Gasteiger partial charge in [-0.15, -0.1) is 11.3 Å². The number of aliphatic hydroxyl groups excluding tert-OH is 1. The molecule has 0 radical (unpaired) electrons. The highest BCUT2D eigenvalue weighted by Crippen LogP contribution is 2.18. The minimum atomic E-state index is -0.190. The Bertz CT molecular complexity index is 706. The fourth-order valence-corrected chi connectivity index (χ4v) is 2.75. The van der Waals surface area contributed by atoms with Crippen molar-refractivity contribution in [1.29, 1.82) is 0 Å². The van der Waals surface area contributed by atoms with Crippen molar-refractivity contribution in [1.82, 2.24) is 9.88 Å². The van der Waals surface area contributed by atoms with E-state index in [1.807, 2.05) is 11.4 Å². The van der Waals surface area contributed by atoms with Crippen molar-refractivity contribution in [2.75, 3.05) is 13.7 Å². The Hall–Kier alpha value is -2.10. The van der Waals surface area contributed by atoms with Gasteiger partial charge in [-0.2, -0.15) is 0 Å². The standard InChI is InChI=1S/C15H16N2O3S/c1-10-14(20-11(2)16-10)15(19)17(3)8-13-7-12(9-21-13)5-4-6-18/h7,9,18H,6,8H2,1-3H3. The molecule has 0 aliphatic carbocycles. The van der Waals surface area contributed by atoms with E-state index < -0.39 is 0 Å². The molecular formula is C15H16N2O3S. The summed E-state index contributed by atoms with van der Waals surface area (Å²) in [5.74, 6) is 6.02. The van der Waals surface area contributed by atoms with E-state index >= 15 is 0 Å². The van der Waals surface area contributed by atoms with Gasteiger partial charge in [0.2, 0.25) is 5.76 Å². The minimum absolute atomic E-state index is 0.159. The molecule has 0 unspecified atom stereocenters. The molecule has 1 amide bonds. The van der Waals surface area contributed by atoms with E-state index in [4.69, 9.17) is 9.52 Å². The molecule has 2 aromatic heterocycles. The molecule has 5 nitrogen and oxygen atoms in total. The van der Waals surface area contributed by atoms with Gasteiger partial charge in [-0.1, -0.05) is 11.8 Å². The second-order valence-corrected chi connectivity index (χ2v) is 5.57. The number of amides is 1. The lowest BCUT2D eigenvalue weighted by Gasteiger charge is -2.14. The fourth-order valence-electron chi connectivity index (χ4n) is 1.88. The summed E-state index contributed by atoms with van der Waals surface area (Å²) in [5, 5.41) is 10.6. The zero-order valence-electron chi connectivity index (χ0n) is 12.1. The molecule has 21 heavy (non-hydrogen) atoms. The van der Waals surface area contributed by atoms with Crippen molar-refractivity contribution >= 4 is 17.2 Å². The van der Waals surface area contributed by atoms with Crippen molar-refractivity contribution in [3.63, 3.8) is 0 Å². The molecule has 6 heteroatoms. The molecule has 2 heterocycles. The molecule has 0 aromatic carbocycles. The summed E-state index contributed by atoms with van der Waals surface area (Å²) in [5.41, 5.74) is 1.45. The maximum atomic E-state index is 12.3. The van der Waals surface area contributed by atoms with Crippen LogP contribution in [-0.2, 0) is 6.54 Å². The van der Waals surface area contributed by atoms with Gasteiger partial charge in [-0.25, -0.2) is 4.98 Å². The highest BCUT2D eigenvalue weighted by Gasteiger charge is 2.20. The number of aliphatic hydroxyl groups is 1. The third-order valence-corrected chi connectivity index (χ3v) is 3.72. The summed E-state index contributed by atoms with van der Waals surface area (Å²) in [6.07, 6.45) is 0. The predicted molar refractivity (Wildman–Crippen MR) is 80.1 cm³/mol. The second kappa shape index (κ2) is 6.57. The first-order valence-electron chi connectivity index (χ1n) is 6.38. The minimum Gasteiger partial charge on any atom is -0.436 e. The molecular weight excluding hydrogens is 288 g/mol. The lowest BCUT2D eigenvalue weighted by Crippen LogP contribution is -2.26. The number of rotatable bonds is 3. The average Bonchev–Trinajstić information content (AvgIpc) is 3.02. The number of hydrogen-bond donors (Lipinski definition) is 1. The van der Waals surface area contributed by atoms with Crippen LogP contribution in [0.5, 0.6) is 0 Å². The third kappa shape index (κ3) is 3.72. The average molecular weight is 304 g/mol. The smallest absolute Gasteiger partial charge is 0.291 e. The van der Waals surface area contributed by atoms with Gasteiger partial charge >= 0.3 is 0 Å². The number of aryl methyl sites for hydroxylation is 2. The number of oxazole rings is 1. The van der Waals surface area contributed by atoms with Gasteiger partial charge in [-0.3, -0.25) is 4.79 Å². The lowest BCUT2D eigenvalue weighted by molar-refractivity contribution is 0.0752. The van der Waals surface area contributed by atoms with E-state index in [0.717, 1.165) is 10.4 Å². The lowest BCUT2D eigenvalue weighted by atomic mass is 10.3. The van der Waals surface area contributed by atoms with Gasteiger partial charge in [0.15, 0.2) is 5.89 Å². The quantitative estimate of drug-likeness (QED) is 0.880. The number of carbonyl (C=O) groups is 1. The van der Waals surface area contributed by atoms with E-state index in [1.54, 1.807) is 25.8 Å². The Labute approximate surface area is 127 Å². The van der Waals surface area contributed by atoms with Crippen LogP contribution in [0, 0.1) is 25.7 Å². The number of thiophene rings is 1. The maximum Gasteiger partial charge on any atom is 0.291 e. The number of carbonyl (C=O) groups excluding carboxylic acids is 1. The molecule has 0 aliphatic rings. The third-order valence-electron chi connectivity index (χ3n) is 2.80. The number of aromatic nitrogens is 1. The second-order valence-electron chi connectivity index (χ2n) is 4.57. The van der Waals surface area contributed by atoms with Crippen molar-refractivity contribution in [3.05, 3.63) is 39.2 Å². The molecule has 0 saturated carbocycles. The Morgan fingerprint density at radius 2 is 2.29 bits per heavy atom. The first kappa shape index (κ1) is 15.3. The van der Waals surface area contributed by atoms with Crippen LogP contribution in [0.2, 0.25) is 0 Å².